The largest absolute Gasteiger partial charge is 0.416 e. The Morgan fingerprint density at radius 1 is 0.950 bits per heavy atom. The molecule has 0 aliphatic rings. The van der Waals surface area contributed by atoms with Gasteiger partial charge in [-0.05, 0) is 48.9 Å². The van der Waals surface area contributed by atoms with Crippen LogP contribution in [0, 0.1) is 6.92 Å². The van der Waals surface area contributed by atoms with Crippen LogP contribution in [0.15, 0.2) is 48.5 Å². The van der Waals surface area contributed by atoms with Gasteiger partial charge in [0.25, 0.3) is 5.91 Å². The van der Waals surface area contributed by atoms with Gasteiger partial charge >= 0.3 is 6.18 Å². The highest BCUT2D eigenvalue weighted by atomic mass is 19.4. The molecule has 5 heteroatoms. The first-order valence-corrected chi connectivity index (χ1v) is 5.77. The Hall–Kier alpha value is -2.30. The molecule has 1 amide bonds. The Kier molecular flexibility index (Phi) is 3.79. The molecular formula is C15H11F3NO. The van der Waals surface area contributed by atoms with Crippen molar-refractivity contribution < 1.29 is 18.0 Å². The molecule has 1 radical (unpaired) electrons. The highest BCUT2D eigenvalue weighted by Gasteiger charge is 2.29. The van der Waals surface area contributed by atoms with E-state index in [9.17, 15) is 18.0 Å². The zero-order valence-electron chi connectivity index (χ0n) is 10.4. The third-order valence-corrected chi connectivity index (χ3v) is 2.69. The second kappa shape index (κ2) is 5.36. The fourth-order valence-electron chi connectivity index (χ4n) is 1.60. The lowest BCUT2D eigenvalue weighted by Gasteiger charge is -2.09. The molecule has 2 aromatic carbocycles. The van der Waals surface area contributed by atoms with E-state index in [0.29, 0.717) is 11.3 Å². The van der Waals surface area contributed by atoms with E-state index in [-0.39, 0.29) is 5.91 Å². The summed E-state index contributed by atoms with van der Waals surface area (Å²) in [5.74, 6) is -0.384. The van der Waals surface area contributed by atoms with Crippen molar-refractivity contribution in [2.24, 2.45) is 0 Å². The number of benzene rings is 2. The number of carbonyl (C=O) groups excluding carboxylic acids is 1. The summed E-state index contributed by atoms with van der Waals surface area (Å²) in [6.07, 6.45) is -4.38. The van der Waals surface area contributed by atoms with E-state index < -0.39 is 11.7 Å². The summed E-state index contributed by atoms with van der Waals surface area (Å²) in [5, 5.41) is 2.53. The van der Waals surface area contributed by atoms with Crippen LogP contribution in [0.3, 0.4) is 0 Å². The molecule has 0 atom stereocenters. The fraction of sp³-hybridized carbons (Fsp3) is 0.0667. The fourth-order valence-corrected chi connectivity index (χ4v) is 1.60. The summed E-state index contributed by atoms with van der Waals surface area (Å²) in [6, 6.07) is 10.9. The zero-order chi connectivity index (χ0) is 14.8. The molecule has 0 fully saturated rings. The molecule has 0 saturated heterocycles. The van der Waals surface area contributed by atoms with Crippen molar-refractivity contribution >= 4 is 11.6 Å². The van der Waals surface area contributed by atoms with Crippen LogP contribution in [-0.2, 0) is 6.18 Å². The average Bonchev–Trinajstić information content (AvgIpc) is 2.39. The van der Waals surface area contributed by atoms with Gasteiger partial charge in [-0.3, -0.25) is 4.79 Å². The second-order valence-electron chi connectivity index (χ2n) is 4.23. The first-order chi connectivity index (χ1) is 9.36. The standard InChI is InChI=1S/C15H11F3NO/c1-10-2-4-11(5-3-10)14(20)19-13-8-6-12(7-9-13)15(16,17)18/h2-9H,1H2,(H,19,20). The van der Waals surface area contributed by atoms with Crippen LogP contribution >= 0.6 is 0 Å². The van der Waals surface area contributed by atoms with E-state index in [0.717, 1.165) is 17.7 Å². The smallest absolute Gasteiger partial charge is 0.322 e. The first-order valence-electron chi connectivity index (χ1n) is 5.77. The van der Waals surface area contributed by atoms with Gasteiger partial charge in [-0.2, -0.15) is 13.2 Å². The highest BCUT2D eigenvalue weighted by Crippen LogP contribution is 2.29. The number of anilines is 1. The Balaban J connectivity index is 2.10. The van der Waals surface area contributed by atoms with Gasteiger partial charge in [-0.15, -0.1) is 0 Å². The van der Waals surface area contributed by atoms with Crippen LogP contribution in [0.25, 0.3) is 0 Å². The lowest BCUT2D eigenvalue weighted by Crippen LogP contribution is -2.12. The minimum absolute atomic E-state index is 0.307. The van der Waals surface area contributed by atoms with Crippen LogP contribution in [0.5, 0.6) is 0 Å². The lowest BCUT2D eigenvalue weighted by molar-refractivity contribution is -0.137. The molecule has 2 nitrogen and oxygen atoms in total. The third-order valence-electron chi connectivity index (χ3n) is 2.69. The lowest BCUT2D eigenvalue weighted by atomic mass is 10.1. The van der Waals surface area contributed by atoms with Crippen molar-refractivity contribution in [3.8, 4) is 0 Å². The van der Waals surface area contributed by atoms with E-state index in [2.05, 4.69) is 12.2 Å². The number of rotatable bonds is 2. The van der Waals surface area contributed by atoms with Crippen LogP contribution < -0.4 is 5.32 Å². The summed E-state index contributed by atoms with van der Waals surface area (Å²) in [5.41, 5.74) is 0.743. The monoisotopic (exact) mass is 278 g/mol. The Morgan fingerprint density at radius 2 is 1.50 bits per heavy atom. The predicted molar refractivity (Wildman–Crippen MR) is 70.3 cm³/mol. The van der Waals surface area contributed by atoms with Gasteiger partial charge in [-0.1, -0.05) is 12.1 Å². The second-order valence-corrected chi connectivity index (χ2v) is 4.23. The summed E-state index contributed by atoms with van der Waals surface area (Å²) in [6.45, 7) is 3.70. The number of nitrogens with one attached hydrogen (secondary N) is 1. The number of hydrogen-bond donors (Lipinski definition) is 1. The predicted octanol–water partition coefficient (Wildman–Crippen LogP) is 4.14. The van der Waals surface area contributed by atoms with Crippen LogP contribution in [0.2, 0.25) is 0 Å². The Morgan fingerprint density at radius 3 is 2.00 bits per heavy atom. The maximum atomic E-state index is 12.4. The van der Waals surface area contributed by atoms with Gasteiger partial charge in [0.2, 0.25) is 0 Å². The Labute approximate surface area is 114 Å². The van der Waals surface area contributed by atoms with Crippen molar-refractivity contribution in [3.63, 3.8) is 0 Å². The molecule has 0 aliphatic carbocycles. The molecule has 0 unspecified atom stereocenters. The van der Waals surface area contributed by atoms with Crippen LogP contribution in [0.4, 0.5) is 18.9 Å². The molecule has 2 aromatic rings. The quantitative estimate of drug-likeness (QED) is 0.878. The Bertz CT molecular complexity index is 601. The summed E-state index contributed by atoms with van der Waals surface area (Å²) in [4.78, 5) is 11.9. The van der Waals surface area contributed by atoms with Gasteiger partial charge in [0.15, 0.2) is 0 Å². The molecule has 0 aromatic heterocycles. The molecule has 1 N–H and O–H groups in total. The average molecular weight is 278 g/mol. The van der Waals surface area contributed by atoms with Crippen molar-refractivity contribution in [2.75, 3.05) is 5.32 Å². The van der Waals surface area contributed by atoms with Gasteiger partial charge in [-0.25, -0.2) is 0 Å². The highest BCUT2D eigenvalue weighted by molar-refractivity contribution is 6.04. The molecule has 0 spiro atoms. The van der Waals surface area contributed by atoms with E-state index in [1.165, 1.54) is 12.1 Å². The number of alkyl halides is 3. The molecule has 0 saturated carbocycles. The summed E-state index contributed by atoms with van der Waals surface area (Å²) >= 11 is 0. The van der Waals surface area contributed by atoms with Gasteiger partial charge in [0.1, 0.15) is 0 Å². The number of carbonyl (C=O) groups is 1. The van der Waals surface area contributed by atoms with Crippen molar-refractivity contribution in [2.45, 2.75) is 6.18 Å². The minimum Gasteiger partial charge on any atom is -0.322 e. The molecule has 103 valence electrons. The van der Waals surface area contributed by atoms with Gasteiger partial charge in [0.05, 0.1) is 5.56 Å². The van der Waals surface area contributed by atoms with Crippen molar-refractivity contribution in [1.29, 1.82) is 0 Å². The van der Waals surface area contributed by atoms with E-state index in [4.69, 9.17) is 0 Å². The van der Waals surface area contributed by atoms with E-state index >= 15 is 0 Å². The van der Waals surface area contributed by atoms with Crippen LogP contribution in [0.1, 0.15) is 21.5 Å². The maximum absolute atomic E-state index is 12.4. The number of amides is 1. The molecular weight excluding hydrogens is 267 g/mol. The normalized spacial score (nSPS) is 11.2. The summed E-state index contributed by atoms with van der Waals surface area (Å²) in [7, 11) is 0. The molecule has 0 bridgehead atoms. The zero-order valence-corrected chi connectivity index (χ0v) is 10.4. The number of halogens is 3. The number of hydrogen-bond acceptors (Lipinski definition) is 1. The van der Waals surface area contributed by atoms with Gasteiger partial charge in [0, 0.05) is 11.3 Å². The molecule has 20 heavy (non-hydrogen) atoms. The van der Waals surface area contributed by atoms with Gasteiger partial charge < -0.3 is 5.32 Å². The first kappa shape index (κ1) is 14.1. The third kappa shape index (κ3) is 3.38. The molecule has 2 rings (SSSR count). The maximum Gasteiger partial charge on any atom is 0.416 e. The van der Waals surface area contributed by atoms with Crippen LogP contribution in [-0.4, -0.2) is 5.91 Å². The topological polar surface area (TPSA) is 29.1 Å². The SMILES string of the molecule is [CH2]c1ccc(C(=O)Nc2ccc(C(F)(F)F)cc2)cc1. The molecule has 0 aliphatic heterocycles. The van der Waals surface area contributed by atoms with Crippen molar-refractivity contribution in [3.05, 3.63) is 72.1 Å². The minimum atomic E-state index is -4.38. The summed E-state index contributed by atoms with van der Waals surface area (Å²) < 4.78 is 37.2. The van der Waals surface area contributed by atoms with E-state index in [1.807, 2.05) is 0 Å². The van der Waals surface area contributed by atoms with Crippen molar-refractivity contribution in [1.82, 2.24) is 0 Å². The molecule has 0 heterocycles. The van der Waals surface area contributed by atoms with E-state index in [1.54, 1.807) is 24.3 Å².